The van der Waals surface area contributed by atoms with E-state index in [1.165, 1.54) is 5.56 Å². The predicted molar refractivity (Wildman–Crippen MR) is 66.0 cm³/mol. The zero-order valence-corrected chi connectivity index (χ0v) is 9.22. The SMILES string of the molecule is Oc1[nH]c(O)c2c1C=CC(c1ccccc1)C2. The first-order valence-corrected chi connectivity index (χ1v) is 5.61. The number of hydrogen-bond donors (Lipinski definition) is 3. The van der Waals surface area contributed by atoms with Gasteiger partial charge in [0.05, 0.1) is 0 Å². The van der Waals surface area contributed by atoms with E-state index in [4.69, 9.17) is 0 Å². The maximum absolute atomic E-state index is 9.69. The number of aromatic nitrogens is 1. The molecule has 3 N–H and O–H groups in total. The number of hydrogen-bond acceptors (Lipinski definition) is 2. The van der Waals surface area contributed by atoms with E-state index in [1.807, 2.05) is 24.3 Å². The van der Waals surface area contributed by atoms with Crippen LogP contribution in [-0.4, -0.2) is 15.2 Å². The molecule has 3 nitrogen and oxygen atoms in total. The summed E-state index contributed by atoms with van der Waals surface area (Å²) >= 11 is 0. The van der Waals surface area contributed by atoms with E-state index < -0.39 is 0 Å². The zero-order chi connectivity index (χ0) is 11.8. The number of H-pyrrole nitrogens is 1. The van der Waals surface area contributed by atoms with Gasteiger partial charge in [0.2, 0.25) is 0 Å². The van der Waals surface area contributed by atoms with Crippen LogP contribution in [0.4, 0.5) is 0 Å². The molecule has 1 aromatic carbocycles. The molecule has 1 heterocycles. The van der Waals surface area contributed by atoms with Crippen LogP contribution in [0.25, 0.3) is 6.08 Å². The van der Waals surface area contributed by atoms with E-state index in [0.29, 0.717) is 12.0 Å². The fourth-order valence-corrected chi connectivity index (χ4v) is 2.34. The Labute approximate surface area is 99.1 Å². The quantitative estimate of drug-likeness (QED) is 0.701. The Kier molecular flexibility index (Phi) is 2.18. The average Bonchev–Trinajstić information content (AvgIpc) is 2.66. The van der Waals surface area contributed by atoms with Crippen LogP contribution in [0.1, 0.15) is 22.6 Å². The van der Waals surface area contributed by atoms with Crippen molar-refractivity contribution in [3.05, 3.63) is 53.1 Å². The second-order valence-electron chi connectivity index (χ2n) is 4.29. The summed E-state index contributed by atoms with van der Waals surface area (Å²) in [5.74, 6) is 0.368. The van der Waals surface area contributed by atoms with E-state index >= 15 is 0 Å². The minimum atomic E-state index is 0.0419. The van der Waals surface area contributed by atoms with Gasteiger partial charge in [-0.15, -0.1) is 0 Å². The monoisotopic (exact) mass is 227 g/mol. The lowest BCUT2D eigenvalue weighted by Gasteiger charge is -2.17. The van der Waals surface area contributed by atoms with Gasteiger partial charge in [-0.1, -0.05) is 42.5 Å². The third-order valence-corrected chi connectivity index (χ3v) is 3.25. The largest absolute Gasteiger partial charge is 0.494 e. The highest BCUT2D eigenvalue weighted by molar-refractivity contribution is 5.66. The summed E-state index contributed by atoms with van der Waals surface area (Å²) in [5.41, 5.74) is 2.71. The van der Waals surface area contributed by atoms with Crippen LogP contribution in [-0.2, 0) is 6.42 Å². The molecule has 1 atom stereocenters. The molecule has 17 heavy (non-hydrogen) atoms. The summed E-state index contributed by atoms with van der Waals surface area (Å²) in [6, 6.07) is 10.1. The predicted octanol–water partition coefficient (Wildman–Crippen LogP) is 2.78. The molecule has 1 aromatic heterocycles. The van der Waals surface area contributed by atoms with Gasteiger partial charge in [-0.2, -0.15) is 0 Å². The van der Waals surface area contributed by atoms with Crippen molar-refractivity contribution >= 4 is 6.08 Å². The molecule has 0 radical (unpaired) electrons. The molecule has 86 valence electrons. The molecule has 3 heteroatoms. The van der Waals surface area contributed by atoms with Crippen molar-refractivity contribution in [1.82, 2.24) is 4.98 Å². The van der Waals surface area contributed by atoms with Crippen LogP contribution in [0, 0.1) is 0 Å². The van der Waals surface area contributed by atoms with Gasteiger partial charge in [0.25, 0.3) is 0 Å². The summed E-state index contributed by atoms with van der Waals surface area (Å²) in [5, 5.41) is 19.3. The maximum atomic E-state index is 9.69. The Hall–Kier alpha value is -2.16. The molecule has 0 saturated carbocycles. The van der Waals surface area contributed by atoms with E-state index in [9.17, 15) is 10.2 Å². The highest BCUT2D eigenvalue weighted by Crippen LogP contribution is 2.38. The standard InChI is InChI=1S/C14H13NO2/c16-13-11-7-6-10(8-12(11)14(17)15-13)9-4-2-1-3-5-9/h1-7,10,15-17H,8H2. The Morgan fingerprint density at radius 1 is 1.06 bits per heavy atom. The minimum Gasteiger partial charge on any atom is -0.494 e. The molecule has 1 aliphatic rings. The van der Waals surface area contributed by atoms with Crippen molar-refractivity contribution in [3.8, 4) is 11.8 Å². The molecule has 3 rings (SSSR count). The molecule has 0 spiro atoms. The van der Waals surface area contributed by atoms with E-state index in [2.05, 4.69) is 23.2 Å². The third kappa shape index (κ3) is 1.60. The van der Waals surface area contributed by atoms with Gasteiger partial charge in [-0.3, -0.25) is 4.98 Å². The Balaban J connectivity index is 1.99. The molecule has 0 bridgehead atoms. The van der Waals surface area contributed by atoms with Crippen LogP contribution in [0.15, 0.2) is 36.4 Å². The Morgan fingerprint density at radius 3 is 2.59 bits per heavy atom. The molecule has 1 aliphatic carbocycles. The summed E-state index contributed by atoms with van der Waals surface area (Å²) in [4.78, 5) is 2.55. The van der Waals surface area contributed by atoms with Crippen molar-refractivity contribution in [2.24, 2.45) is 0 Å². The van der Waals surface area contributed by atoms with Crippen LogP contribution in [0.3, 0.4) is 0 Å². The molecule has 1 unspecified atom stereocenters. The van der Waals surface area contributed by atoms with E-state index in [0.717, 1.165) is 5.56 Å². The first kappa shape index (κ1) is 10.0. The summed E-state index contributed by atoms with van der Waals surface area (Å²) in [6.45, 7) is 0. The lowest BCUT2D eigenvalue weighted by molar-refractivity contribution is 0.423. The summed E-state index contributed by atoms with van der Waals surface area (Å²) < 4.78 is 0. The Morgan fingerprint density at radius 2 is 1.82 bits per heavy atom. The van der Waals surface area contributed by atoms with Crippen LogP contribution in [0.5, 0.6) is 11.8 Å². The minimum absolute atomic E-state index is 0.0419. The number of allylic oxidation sites excluding steroid dienone is 1. The molecule has 0 aliphatic heterocycles. The van der Waals surface area contributed by atoms with Crippen molar-refractivity contribution in [3.63, 3.8) is 0 Å². The Bertz CT molecular complexity index is 569. The number of benzene rings is 1. The van der Waals surface area contributed by atoms with E-state index in [-0.39, 0.29) is 17.7 Å². The normalized spacial score (nSPS) is 18.0. The van der Waals surface area contributed by atoms with Crippen molar-refractivity contribution in [1.29, 1.82) is 0 Å². The van der Waals surface area contributed by atoms with E-state index in [1.54, 1.807) is 0 Å². The van der Waals surface area contributed by atoms with Gasteiger partial charge in [-0.05, 0) is 12.0 Å². The van der Waals surface area contributed by atoms with Crippen molar-refractivity contribution < 1.29 is 10.2 Å². The first-order valence-electron chi connectivity index (χ1n) is 5.61. The smallest absolute Gasteiger partial charge is 0.198 e. The summed E-state index contributed by atoms with van der Waals surface area (Å²) in [6.07, 6.45) is 4.63. The highest BCUT2D eigenvalue weighted by Gasteiger charge is 2.22. The van der Waals surface area contributed by atoms with Crippen molar-refractivity contribution in [2.45, 2.75) is 12.3 Å². The van der Waals surface area contributed by atoms with Crippen molar-refractivity contribution in [2.75, 3.05) is 0 Å². The molecule has 0 saturated heterocycles. The first-order chi connectivity index (χ1) is 8.25. The van der Waals surface area contributed by atoms with Crippen LogP contribution >= 0.6 is 0 Å². The van der Waals surface area contributed by atoms with Gasteiger partial charge in [-0.25, -0.2) is 0 Å². The lowest BCUT2D eigenvalue weighted by Crippen LogP contribution is -2.04. The average molecular weight is 227 g/mol. The lowest BCUT2D eigenvalue weighted by atomic mass is 9.87. The number of aromatic hydroxyl groups is 2. The summed E-state index contributed by atoms with van der Waals surface area (Å²) in [7, 11) is 0. The topological polar surface area (TPSA) is 56.2 Å². The number of aromatic amines is 1. The second kappa shape index (κ2) is 3.70. The number of nitrogens with one attached hydrogen (secondary N) is 1. The molecule has 0 amide bonds. The number of rotatable bonds is 1. The van der Waals surface area contributed by atoms with Crippen LogP contribution < -0.4 is 0 Å². The zero-order valence-electron chi connectivity index (χ0n) is 9.22. The molecule has 2 aromatic rings. The fourth-order valence-electron chi connectivity index (χ4n) is 2.34. The highest BCUT2D eigenvalue weighted by atomic mass is 16.3. The molecular formula is C14H13NO2. The van der Waals surface area contributed by atoms with Gasteiger partial charge < -0.3 is 10.2 Å². The van der Waals surface area contributed by atoms with Crippen LogP contribution in [0.2, 0.25) is 0 Å². The fraction of sp³-hybridized carbons (Fsp3) is 0.143. The van der Waals surface area contributed by atoms with Gasteiger partial charge in [0, 0.05) is 17.0 Å². The third-order valence-electron chi connectivity index (χ3n) is 3.25. The molecule has 0 fully saturated rings. The molecular weight excluding hydrogens is 214 g/mol. The van der Waals surface area contributed by atoms with Gasteiger partial charge in [0.15, 0.2) is 11.8 Å². The second-order valence-corrected chi connectivity index (χ2v) is 4.29. The van der Waals surface area contributed by atoms with Gasteiger partial charge in [0.1, 0.15) is 0 Å². The maximum Gasteiger partial charge on any atom is 0.198 e. The van der Waals surface area contributed by atoms with Gasteiger partial charge >= 0.3 is 0 Å². The number of fused-ring (bicyclic) bond motifs is 1.